The Hall–Kier alpha value is -0.0900. The molecule has 1 rings (SSSR count). The Labute approximate surface area is 81.0 Å². The summed E-state index contributed by atoms with van der Waals surface area (Å²) in [4.78, 5) is 2.23. The van der Waals surface area contributed by atoms with E-state index in [-0.39, 0.29) is 10.8 Å². The van der Waals surface area contributed by atoms with E-state index < -0.39 is 9.84 Å². The van der Waals surface area contributed by atoms with Crippen LogP contribution in [0.25, 0.3) is 0 Å². The van der Waals surface area contributed by atoms with Gasteiger partial charge in [-0.25, -0.2) is 8.42 Å². The van der Waals surface area contributed by atoms with Gasteiger partial charge in [0.1, 0.15) is 0 Å². The minimum absolute atomic E-state index is 0.0967. The van der Waals surface area contributed by atoms with Gasteiger partial charge in [0.15, 0.2) is 9.84 Å². The Morgan fingerprint density at radius 3 is 2.08 bits per heavy atom. The van der Waals surface area contributed by atoms with Crippen LogP contribution in [0.5, 0.6) is 0 Å². The van der Waals surface area contributed by atoms with Crippen LogP contribution < -0.4 is 0 Å². The maximum atomic E-state index is 11.3. The molecule has 0 N–H and O–H groups in total. The maximum absolute atomic E-state index is 11.3. The standard InChI is InChI=1S/C9H19NO2S/c1-9(2,3)10-6-5-8(7-10)13(4,11)12/h8H,5-7H2,1-4H3/t8-/m0/s1. The molecule has 0 saturated carbocycles. The van der Waals surface area contributed by atoms with Gasteiger partial charge in [-0.3, -0.25) is 4.90 Å². The predicted octanol–water partition coefficient (Wildman–Crippen LogP) is 0.904. The van der Waals surface area contributed by atoms with Crippen molar-refractivity contribution in [2.75, 3.05) is 19.3 Å². The monoisotopic (exact) mass is 205 g/mol. The van der Waals surface area contributed by atoms with Gasteiger partial charge in [0, 0.05) is 18.3 Å². The summed E-state index contributed by atoms with van der Waals surface area (Å²) in [6.07, 6.45) is 2.12. The van der Waals surface area contributed by atoms with Gasteiger partial charge in [0.2, 0.25) is 0 Å². The fraction of sp³-hybridized carbons (Fsp3) is 1.00. The summed E-state index contributed by atoms with van der Waals surface area (Å²) in [6, 6.07) is 0. The van der Waals surface area contributed by atoms with Crippen molar-refractivity contribution >= 4 is 9.84 Å². The minimum Gasteiger partial charge on any atom is -0.297 e. The maximum Gasteiger partial charge on any atom is 0.151 e. The first kappa shape index (κ1) is 11.0. The number of likely N-dealkylation sites (tertiary alicyclic amines) is 1. The van der Waals surface area contributed by atoms with Gasteiger partial charge >= 0.3 is 0 Å². The second kappa shape index (κ2) is 3.24. The molecule has 0 spiro atoms. The number of nitrogens with zero attached hydrogens (tertiary/aromatic N) is 1. The molecule has 0 aromatic rings. The van der Waals surface area contributed by atoms with Crippen molar-refractivity contribution in [3.8, 4) is 0 Å². The van der Waals surface area contributed by atoms with Crippen LogP contribution in [0.4, 0.5) is 0 Å². The van der Waals surface area contributed by atoms with Gasteiger partial charge in [-0.2, -0.15) is 0 Å². The molecule has 1 aliphatic heterocycles. The zero-order valence-corrected chi connectivity index (χ0v) is 9.69. The second-order valence-electron chi connectivity index (χ2n) is 4.86. The second-order valence-corrected chi connectivity index (χ2v) is 7.18. The predicted molar refractivity (Wildman–Crippen MR) is 54.6 cm³/mol. The van der Waals surface area contributed by atoms with Crippen molar-refractivity contribution in [3.63, 3.8) is 0 Å². The molecule has 0 aromatic carbocycles. The highest BCUT2D eigenvalue weighted by Crippen LogP contribution is 2.23. The van der Waals surface area contributed by atoms with Crippen LogP contribution in [0, 0.1) is 0 Å². The lowest BCUT2D eigenvalue weighted by Crippen LogP contribution is -2.40. The first-order chi connectivity index (χ1) is 5.71. The molecule has 0 aliphatic carbocycles. The van der Waals surface area contributed by atoms with Crippen LogP contribution in [0.3, 0.4) is 0 Å². The average molecular weight is 205 g/mol. The smallest absolute Gasteiger partial charge is 0.151 e. The number of hydrogen-bond donors (Lipinski definition) is 0. The summed E-state index contributed by atoms with van der Waals surface area (Å²) >= 11 is 0. The number of sulfone groups is 1. The third kappa shape index (κ3) is 2.68. The molecule has 0 unspecified atom stereocenters. The van der Waals surface area contributed by atoms with Crippen molar-refractivity contribution in [2.24, 2.45) is 0 Å². The van der Waals surface area contributed by atoms with E-state index in [1.165, 1.54) is 6.26 Å². The minimum atomic E-state index is -2.84. The molecule has 0 bridgehead atoms. The highest BCUT2D eigenvalue weighted by atomic mass is 32.2. The summed E-state index contributed by atoms with van der Waals surface area (Å²) in [5, 5.41) is -0.147. The van der Waals surface area contributed by atoms with Gasteiger partial charge in [-0.15, -0.1) is 0 Å². The van der Waals surface area contributed by atoms with Crippen LogP contribution in [-0.4, -0.2) is 43.5 Å². The Balaban J connectivity index is 2.66. The number of hydrogen-bond acceptors (Lipinski definition) is 3. The Morgan fingerprint density at radius 2 is 1.85 bits per heavy atom. The van der Waals surface area contributed by atoms with Crippen molar-refractivity contribution in [2.45, 2.75) is 38.0 Å². The first-order valence-electron chi connectivity index (χ1n) is 4.65. The topological polar surface area (TPSA) is 37.4 Å². The molecule has 3 nitrogen and oxygen atoms in total. The molecule has 78 valence electrons. The fourth-order valence-corrected chi connectivity index (χ4v) is 2.67. The molecule has 1 atom stereocenters. The third-order valence-corrected chi connectivity index (χ3v) is 4.29. The molecular weight excluding hydrogens is 186 g/mol. The van der Waals surface area contributed by atoms with Gasteiger partial charge < -0.3 is 0 Å². The molecule has 0 radical (unpaired) electrons. The lowest BCUT2D eigenvalue weighted by atomic mass is 10.1. The third-order valence-electron chi connectivity index (χ3n) is 2.70. The SMILES string of the molecule is CC(C)(C)N1CC[C@H](S(C)(=O)=O)C1. The van der Waals surface area contributed by atoms with Gasteiger partial charge in [0.05, 0.1) is 5.25 Å². The molecule has 1 heterocycles. The largest absolute Gasteiger partial charge is 0.297 e. The Bertz CT molecular complexity index is 276. The van der Waals surface area contributed by atoms with E-state index in [1.807, 2.05) is 0 Å². The summed E-state index contributed by atoms with van der Waals surface area (Å²) in [7, 11) is -2.84. The van der Waals surface area contributed by atoms with Crippen molar-refractivity contribution in [3.05, 3.63) is 0 Å². The zero-order chi connectivity index (χ0) is 10.3. The molecule has 1 saturated heterocycles. The van der Waals surface area contributed by atoms with E-state index >= 15 is 0 Å². The zero-order valence-electron chi connectivity index (χ0n) is 8.87. The summed E-state index contributed by atoms with van der Waals surface area (Å²) in [5.41, 5.74) is 0.0967. The molecule has 4 heteroatoms. The van der Waals surface area contributed by atoms with Crippen LogP contribution in [0.1, 0.15) is 27.2 Å². The first-order valence-corrected chi connectivity index (χ1v) is 6.60. The summed E-state index contributed by atoms with van der Waals surface area (Å²) in [5.74, 6) is 0. The number of rotatable bonds is 1. The van der Waals surface area contributed by atoms with Gasteiger partial charge in [-0.05, 0) is 33.7 Å². The molecule has 0 aromatic heterocycles. The molecule has 0 amide bonds. The normalized spacial score (nSPS) is 26.6. The average Bonchev–Trinajstić information content (AvgIpc) is 2.28. The van der Waals surface area contributed by atoms with Crippen molar-refractivity contribution < 1.29 is 8.42 Å². The van der Waals surface area contributed by atoms with Crippen LogP contribution in [-0.2, 0) is 9.84 Å². The van der Waals surface area contributed by atoms with E-state index in [9.17, 15) is 8.42 Å². The van der Waals surface area contributed by atoms with Crippen LogP contribution >= 0.6 is 0 Å². The van der Waals surface area contributed by atoms with Gasteiger partial charge in [0.25, 0.3) is 0 Å². The van der Waals surface area contributed by atoms with E-state index in [0.717, 1.165) is 13.0 Å². The molecule has 1 fully saturated rings. The Kier molecular flexibility index (Phi) is 2.74. The highest BCUT2D eigenvalue weighted by molar-refractivity contribution is 7.91. The van der Waals surface area contributed by atoms with Gasteiger partial charge in [-0.1, -0.05) is 0 Å². The van der Waals surface area contributed by atoms with E-state index in [0.29, 0.717) is 6.54 Å². The highest BCUT2D eigenvalue weighted by Gasteiger charge is 2.34. The van der Waals surface area contributed by atoms with E-state index in [2.05, 4.69) is 25.7 Å². The lowest BCUT2D eigenvalue weighted by molar-refractivity contribution is 0.175. The van der Waals surface area contributed by atoms with Crippen LogP contribution in [0.15, 0.2) is 0 Å². The summed E-state index contributed by atoms with van der Waals surface area (Å²) in [6.45, 7) is 7.97. The van der Waals surface area contributed by atoms with Crippen molar-refractivity contribution in [1.82, 2.24) is 4.90 Å². The molecule has 13 heavy (non-hydrogen) atoms. The lowest BCUT2D eigenvalue weighted by Gasteiger charge is -2.31. The van der Waals surface area contributed by atoms with Crippen LogP contribution in [0.2, 0.25) is 0 Å². The van der Waals surface area contributed by atoms with Crippen molar-refractivity contribution in [1.29, 1.82) is 0 Å². The quantitative estimate of drug-likeness (QED) is 0.638. The van der Waals surface area contributed by atoms with E-state index in [1.54, 1.807) is 0 Å². The van der Waals surface area contributed by atoms with E-state index in [4.69, 9.17) is 0 Å². The fourth-order valence-electron chi connectivity index (χ4n) is 1.69. The summed E-state index contributed by atoms with van der Waals surface area (Å²) < 4.78 is 22.6. The molecular formula is C9H19NO2S. The molecule has 1 aliphatic rings. The Morgan fingerprint density at radius 1 is 1.31 bits per heavy atom.